The largest absolute Gasteiger partial charge is 0.484 e. The van der Waals surface area contributed by atoms with E-state index < -0.39 is 6.04 Å². The van der Waals surface area contributed by atoms with Gasteiger partial charge in [-0.15, -0.1) is 0 Å². The summed E-state index contributed by atoms with van der Waals surface area (Å²) in [5.41, 5.74) is 4.16. The molecule has 2 amide bonds. The summed E-state index contributed by atoms with van der Waals surface area (Å²) < 4.78 is 5.85. The molecular formula is C30H36N2O3. The zero-order valence-corrected chi connectivity index (χ0v) is 21.2. The number of aryl methyl sites for hydroxylation is 2. The Hall–Kier alpha value is -3.60. The molecule has 0 fully saturated rings. The van der Waals surface area contributed by atoms with Crippen molar-refractivity contribution in [2.24, 2.45) is 0 Å². The standard InChI is InChI=1S/C30H36N2O3/c1-5-24(4)31-30(34)28(19-25-11-7-6-8-12-25)32(20-26-16-14-22(2)15-17-26)29(33)21-35-27-13-9-10-23(3)18-27/h6-18,24,28H,5,19-21H2,1-4H3,(H,31,34)/t24-,28-/m1/s1. The highest BCUT2D eigenvalue weighted by Crippen LogP contribution is 2.17. The number of ether oxygens (including phenoxy) is 1. The highest BCUT2D eigenvalue weighted by Gasteiger charge is 2.31. The van der Waals surface area contributed by atoms with Gasteiger partial charge in [0.05, 0.1) is 0 Å². The first-order valence-electron chi connectivity index (χ1n) is 12.2. The summed E-state index contributed by atoms with van der Waals surface area (Å²) >= 11 is 0. The van der Waals surface area contributed by atoms with E-state index in [1.54, 1.807) is 4.90 Å². The Balaban J connectivity index is 1.90. The molecule has 2 atom stereocenters. The van der Waals surface area contributed by atoms with Crippen molar-refractivity contribution in [1.82, 2.24) is 10.2 Å². The van der Waals surface area contributed by atoms with E-state index in [4.69, 9.17) is 4.74 Å². The predicted molar refractivity (Wildman–Crippen MR) is 140 cm³/mol. The molecule has 5 nitrogen and oxygen atoms in total. The van der Waals surface area contributed by atoms with Crippen LogP contribution in [0.3, 0.4) is 0 Å². The number of hydrogen-bond acceptors (Lipinski definition) is 3. The summed E-state index contributed by atoms with van der Waals surface area (Å²) in [6.45, 7) is 8.19. The van der Waals surface area contributed by atoms with Crippen molar-refractivity contribution in [2.75, 3.05) is 6.61 Å². The second kappa shape index (κ2) is 12.7. The minimum atomic E-state index is -0.665. The third-order valence-corrected chi connectivity index (χ3v) is 6.10. The molecule has 0 aliphatic heterocycles. The lowest BCUT2D eigenvalue weighted by molar-refractivity contribution is -0.143. The Morgan fingerprint density at radius 1 is 0.886 bits per heavy atom. The number of hydrogen-bond donors (Lipinski definition) is 1. The predicted octanol–water partition coefficient (Wildman–Crippen LogP) is 5.24. The van der Waals surface area contributed by atoms with Crippen molar-refractivity contribution < 1.29 is 14.3 Å². The summed E-state index contributed by atoms with van der Waals surface area (Å²) in [6.07, 6.45) is 1.23. The van der Waals surface area contributed by atoms with Gasteiger partial charge in [0, 0.05) is 19.0 Å². The summed E-state index contributed by atoms with van der Waals surface area (Å²) in [4.78, 5) is 28.7. The molecule has 0 heterocycles. The minimum absolute atomic E-state index is 0.0145. The molecule has 0 unspecified atom stereocenters. The van der Waals surface area contributed by atoms with Gasteiger partial charge in [-0.05, 0) is 56.0 Å². The lowest BCUT2D eigenvalue weighted by Crippen LogP contribution is -2.53. The van der Waals surface area contributed by atoms with Gasteiger partial charge in [0.25, 0.3) is 5.91 Å². The van der Waals surface area contributed by atoms with Gasteiger partial charge in [0.1, 0.15) is 11.8 Å². The maximum absolute atomic E-state index is 13.6. The fourth-order valence-corrected chi connectivity index (χ4v) is 3.82. The van der Waals surface area contributed by atoms with Crippen LogP contribution < -0.4 is 10.1 Å². The van der Waals surface area contributed by atoms with Crippen LogP contribution in [0.15, 0.2) is 78.9 Å². The van der Waals surface area contributed by atoms with Crippen LogP contribution in [0.4, 0.5) is 0 Å². The molecule has 3 aromatic rings. The Morgan fingerprint density at radius 2 is 1.60 bits per heavy atom. The molecule has 3 aromatic carbocycles. The Kier molecular flexibility index (Phi) is 9.47. The van der Waals surface area contributed by atoms with Gasteiger partial charge in [-0.3, -0.25) is 9.59 Å². The quantitative estimate of drug-likeness (QED) is 0.415. The molecule has 0 aliphatic carbocycles. The van der Waals surface area contributed by atoms with Gasteiger partial charge < -0.3 is 15.0 Å². The first kappa shape index (κ1) is 26.0. The van der Waals surface area contributed by atoms with E-state index in [0.717, 1.165) is 28.7 Å². The molecule has 0 aliphatic rings. The summed E-state index contributed by atoms with van der Waals surface area (Å²) in [5.74, 6) is 0.254. The van der Waals surface area contributed by atoms with Crippen LogP contribution in [0.5, 0.6) is 5.75 Å². The van der Waals surface area contributed by atoms with Gasteiger partial charge in [-0.2, -0.15) is 0 Å². The monoisotopic (exact) mass is 472 g/mol. The molecule has 5 heteroatoms. The van der Waals surface area contributed by atoms with Crippen LogP contribution in [0.1, 0.15) is 42.5 Å². The summed E-state index contributed by atoms with van der Waals surface area (Å²) in [7, 11) is 0. The molecule has 35 heavy (non-hydrogen) atoms. The van der Waals surface area contributed by atoms with Gasteiger partial charge in [-0.1, -0.05) is 79.2 Å². The first-order chi connectivity index (χ1) is 16.9. The van der Waals surface area contributed by atoms with E-state index in [-0.39, 0.29) is 24.5 Å². The zero-order valence-electron chi connectivity index (χ0n) is 21.2. The van der Waals surface area contributed by atoms with Gasteiger partial charge in [0.2, 0.25) is 5.91 Å². The van der Waals surface area contributed by atoms with Crippen molar-refractivity contribution in [3.63, 3.8) is 0 Å². The van der Waals surface area contributed by atoms with Crippen molar-refractivity contribution in [3.05, 3.63) is 101 Å². The Bertz CT molecular complexity index is 1100. The molecule has 0 saturated carbocycles. The van der Waals surface area contributed by atoms with Gasteiger partial charge in [0.15, 0.2) is 6.61 Å². The number of carbonyl (C=O) groups excluding carboxylic acids is 2. The van der Waals surface area contributed by atoms with Crippen molar-refractivity contribution >= 4 is 11.8 Å². The second-order valence-corrected chi connectivity index (χ2v) is 9.14. The third kappa shape index (κ3) is 7.99. The van der Waals surface area contributed by atoms with Crippen LogP contribution in [0.25, 0.3) is 0 Å². The fourth-order valence-electron chi connectivity index (χ4n) is 3.82. The average molecular weight is 473 g/mol. The molecule has 0 spiro atoms. The molecule has 1 N–H and O–H groups in total. The molecule has 0 bridgehead atoms. The third-order valence-electron chi connectivity index (χ3n) is 6.10. The first-order valence-corrected chi connectivity index (χ1v) is 12.2. The Morgan fingerprint density at radius 3 is 2.26 bits per heavy atom. The van der Waals surface area contributed by atoms with Crippen LogP contribution >= 0.6 is 0 Å². The summed E-state index contributed by atoms with van der Waals surface area (Å²) in [5, 5.41) is 3.09. The molecule has 0 saturated heterocycles. The average Bonchev–Trinajstić information content (AvgIpc) is 2.86. The van der Waals surface area contributed by atoms with Gasteiger partial charge in [-0.25, -0.2) is 0 Å². The lowest BCUT2D eigenvalue weighted by Gasteiger charge is -2.32. The van der Waals surface area contributed by atoms with Crippen LogP contribution in [-0.4, -0.2) is 35.4 Å². The van der Waals surface area contributed by atoms with Crippen molar-refractivity contribution in [1.29, 1.82) is 0 Å². The SMILES string of the molecule is CC[C@@H](C)NC(=O)[C@@H](Cc1ccccc1)N(Cc1ccc(C)cc1)C(=O)COc1cccc(C)c1. The normalized spacial score (nSPS) is 12.5. The number of nitrogens with zero attached hydrogens (tertiary/aromatic N) is 1. The molecule has 0 radical (unpaired) electrons. The van der Waals surface area contributed by atoms with Crippen LogP contribution in [0.2, 0.25) is 0 Å². The summed E-state index contributed by atoms with van der Waals surface area (Å²) in [6, 6.07) is 24.8. The lowest BCUT2D eigenvalue weighted by atomic mass is 10.0. The maximum atomic E-state index is 13.6. The Labute approximate surface area is 209 Å². The van der Waals surface area contributed by atoms with E-state index in [1.807, 2.05) is 107 Å². The topological polar surface area (TPSA) is 58.6 Å². The van der Waals surface area contributed by atoms with E-state index in [2.05, 4.69) is 5.32 Å². The highest BCUT2D eigenvalue weighted by molar-refractivity contribution is 5.88. The van der Waals surface area contributed by atoms with Crippen molar-refractivity contribution in [3.8, 4) is 5.75 Å². The van der Waals surface area contributed by atoms with E-state index >= 15 is 0 Å². The number of amides is 2. The minimum Gasteiger partial charge on any atom is -0.484 e. The highest BCUT2D eigenvalue weighted by atomic mass is 16.5. The fraction of sp³-hybridized carbons (Fsp3) is 0.333. The maximum Gasteiger partial charge on any atom is 0.261 e. The van der Waals surface area contributed by atoms with Gasteiger partial charge >= 0.3 is 0 Å². The van der Waals surface area contributed by atoms with Crippen LogP contribution in [0, 0.1) is 13.8 Å². The molecule has 3 rings (SSSR count). The molecular weight excluding hydrogens is 436 g/mol. The van der Waals surface area contributed by atoms with E-state index in [1.165, 1.54) is 0 Å². The second-order valence-electron chi connectivity index (χ2n) is 9.14. The van der Waals surface area contributed by atoms with E-state index in [9.17, 15) is 9.59 Å². The smallest absolute Gasteiger partial charge is 0.261 e. The molecule has 0 aromatic heterocycles. The number of nitrogens with one attached hydrogen (secondary N) is 1. The number of rotatable bonds is 11. The molecule has 184 valence electrons. The zero-order chi connectivity index (χ0) is 25.2. The number of benzene rings is 3. The van der Waals surface area contributed by atoms with Crippen molar-refractivity contribution in [2.45, 2.75) is 59.2 Å². The number of carbonyl (C=O) groups is 2. The van der Waals surface area contributed by atoms with Crippen LogP contribution in [-0.2, 0) is 22.6 Å². The van der Waals surface area contributed by atoms with E-state index in [0.29, 0.717) is 18.7 Å².